The third-order valence-electron chi connectivity index (χ3n) is 3.56. The molecule has 1 N–H and O–H groups in total. The maximum atomic E-state index is 11.7. The van der Waals surface area contributed by atoms with Crippen LogP contribution >= 0.6 is 0 Å². The fourth-order valence-corrected chi connectivity index (χ4v) is 2.18. The van der Waals surface area contributed by atoms with E-state index in [1.54, 1.807) is 19.9 Å². The highest BCUT2D eigenvalue weighted by Crippen LogP contribution is 2.34. The van der Waals surface area contributed by atoms with Gasteiger partial charge in [-0.1, -0.05) is 18.2 Å². The normalized spacial score (nSPS) is 14.7. The fraction of sp³-hybridized carbons (Fsp3) is 0.538. The Bertz CT molecular complexity index is 515. The second kappa shape index (κ2) is 4.42. The van der Waals surface area contributed by atoms with Crippen molar-refractivity contribution in [2.45, 2.75) is 38.5 Å². The zero-order valence-electron chi connectivity index (χ0n) is 11.0. The second-order valence-electron chi connectivity index (χ2n) is 5.07. The molecule has 1 aromatic rings. The van der Waals surface area contributed by atoms with Crippen LogP contribution in [0.25, 0.3) is 0 Å². The second-order valence-corrected chi connectivity index (χ2v) is 7.66. The molecule has 0 fully saturated rings. The summed E-state index contributed by atoms with van der Waals surface area (Å²) in [4.78, 5) is 0. The largest absolute Gasteiger partial charge is 0.387 e. The van der Waals surface area contributed by atoms with E-state index in [4.69, 9.17) is 0 Å². The highest BCUT2D eigenvalue weighted by atomic mass is 32.2. The smallest absolute Gasteiger partial charge is 0.155 e. The standard InChI is InChI=1S/C13H20O3S/c1-9-7-6-8-11(10(9)2)12(14)13(3,4)17(5,15)16/h6-8,12,14H,1-5H3. The van der Waals surface area contributed by atoms with Crippen LogP contribution in [0.3, 0.4) is 0 Å². The first kappa shape index (κ1) is 14.2. The Hall–Kier alpha value is -0.870. The van der Waals surface area contributed by atoms with Crippen LogP contribution in [0.4, 0.5) is 0 Å². The molecule has 1 aromatic carbocycles. The average Bonchev–Trinajstić information content (AvgIpc) is 2.19. The van der Waals surface area contributed by atoms with E-state index in [1.807, 2.05) is 26.0 Å². The van der Waals surface area contributed by atoms with Gasteiger partial charge in [-0.25, -0.2) is 8.42 Å². The molecule has 0 aliphatic rings. The summed E-state index contributed by atoms with van der Waals surface area (Å²) in [5.74, 6) is 0. The first-order valence-corrected chi connectivity index (χ1v) is 7.42. The van der Waals surface area contributed by atoms with Crippen LogP contribution in [0, 0.1) is 13.8 Å². The minimum Gasteiger partial charge on any atom is -0.387 e. The molecular formula is C13H20O3S. The molecule has 0 aromatic heterocycles. The van der Waals surface area contributed by atoms with Crippen molar-refractivity contribution in [2.75, 3.05) is 6.26 Å². The quantitative estimate of drug-likeness (QED) is 0.901. The molecule has 0 bridgehead atoms. The predicted octanol–water partition coefficient (Wildman–Crippen LogP) is 2.16. The van der Waals surface area contributed by atoms with E-state index in [0.717, 1.165) is 17.4 Å². The van der Waals surface area contributed by atoms with Crippen molar-refractivity contribution in [3.05, 3.63) is 34.9 Å². The summed E-state index contributed by atoms with van der Waals surface area (Å²) in [5.41, 5.74) is 2.67. The summed E-state index contributed by atoms with van der Waals surface area (Å²) >= 11 is 0. The van der Waals surface area contributed by atoms with Gasteiger partial charge >= 0.3 is 0 Å². The van der Waals surface area contributed by atoms with Gasteiger partial charge in [0.05, 0.1) is 10.9 Å². The SMILES string of the molecule is Cc1cccc(C(O)C(C)(C)S(C)(=O)=O)c1C. The fourth-order valence-electron chi connectivity index (χ4n) is 1.65. The number of aliphatic hydroxyl groups is 1. The van der Waals surface area contributed by atoms with Gasteiger partial charge in [0.1, 0.15) is 0 Å². The van der Waals surface area contributed by atoms with Crippen LogP contribution in [-0.4, -0.2) is 24.5 Å². The van der Waals surface area contributed by atoms with Crippen LogP contribution < -0.4 is 0 Å². The van der Waals surface area contributed by atoms with Crippen molar-refractivity contribution in [1.29, 1.82) is 0 Å². The molecule has 0 amide bonds. The molecule has 0 spiro atoms. The van der Waals surface area contributed by atoms with Crippen molar-refractivity contribution < 1.29 is 13.5 Å². The molecule has 96 valence electrons. The summed E-state index contributed by atoms with van der Waals surface area (Å²) < 4.78 is 22.2. The summed E-state index contributed by atoms with van der Waals surface area (Å²) in [6.45, 7) is 6.94. The topological polar surface area (TPSA) is 54.4 Å². The minimum atomic E-state index is -3.33. The van der Waals surface area contributed by atoms with Crippen molar-refractivity contribution in [2.24, 2.45) is 0 Å². The van der Waals surface area contributed by atoms with Gasteiger partial charge in [-0.05, 0) is 44.4 Å². The van der Waals surface area contributed by atoms with E-state index in [0.29, 0.717) is 5.56 Å². The highest BCUT2D eigenvalue weighted by molar-refractivity contribution is 7.92. The lowest BCUT2D eigenvalue weighted by atomic mass is 9.92. The lowest BCUT2D eigenvalue weighted by Gasteiger charge is -2.30. The number of aliphatic hydroxyl groups excluding tert-OH is 1. The Morgan fingerprint density at radius 3 is 2.24 bits per heavy atom. The number of benzene rings is 1. The Labute approximate surface area is 103 Å². The number of aryl methyl sites for hydroxylation is 1. The molecule has 0 aliphatic carbocycles. The lowest BCUT2D eigenvalue weighted by Crippen LogP contribution is -2.38. The molecule has 17 heavy (non-hydrogen) atoms. The molecular weight excluding hydrogens is 236 g/mol. The summed E-state index contributed by atoms with van der Waals surface area (Å²) in [5, 5.41) is 10.3. The summed E-state index contributed by atoms with van der Waals surface area (Å²) in [6, 6.07) is 5.55. The number of rotatable bonds is 3. The van der Waals surface area contributed by atoms with Crippen molar-refractivity contribution >= 4 is 9.84 Å². The zero-order valence-corrected chi connectivity index (χ0v) is 11.8. The molecule has 3 nitrogen and oxygen atoms in total. The van der Waals surface area contributed by atoms with Gasteiger partial charge in [0.25, 0.3) is 0 Å². The van der Waals surface area contributed by atoms with E-state index in [2.05, 4.69) is 0 Å². The molecule has 0 aliphatic heterocycles. The third kappa shape index (κ3) is 2.53. The van der Waals surface area contributed by atoms with E-state index in [9.17, 15) is 13.5 Å². The maximum Gasteiger partial charge on any atom is 0.155 e. The highest BCUT2D eigenvalue weighted by Gasteiger charge is 2.39. The van der Waals surface area contributed by atoms with Crippen molar-refractivity contribution in [1.82, 2.24) is 0 Å². The van der Waals surface area contributed by atoms with Crippen molar-refractivity contribution in [3.8, 4) is 0 Å². The first-order chi connectivity index (χ1) is 7.59. The summed E-state index contributed by atoms with van der Waals surface area (Å²) in [7, 11) is -3.33. The van der Waals surface area contributed by atoms with Crippen LogP contribution in [0.5, 0.6) is 0 Å². The van der Waals surface area contributed by atoms with E-state index >= 15 is 0 Å². The Morgan fingerprint density at radius 2 is 1.76 bits per heavy atom. The third-order valence-corrected chi connectivity index (χ3v) is 5.69. The summed E-state index contributed by atoms with van der Waals surface area (Å²) in [6.07, 6.45) is 0.138. The Morgan fingerprint density at radius 1 is 1.24 bits per heavy atom. The lowest BCUT2D eigenvalue weighted by molar-refractivity contribution is 0.138. The van der Waals surface area contributed by atoms with E-state index in [1.165, 1.54) is 0 Å². The Kier molecular flexibility index (Phi) is 3.69. The molecule has 0 saturated carbocycles. The van der Waals surface area contributed by atoms with Gasteiger partial charge in [0.15, 0.2) is 9.84 Å². The molecule has 0 heterocycles. The average molecular weight is 256 g/mol. The molecule has 4 heteroatoms. The predicted molar refractivity (Wildman–Crippen MR) is 69.8 cm³/mol. The van der Waals surface area contributed by atoms with Gasteiger partial charge < -0.3 is 5.11 Å². The van der Waals surface area contributed by atoms with E-state index < -0.39 is 20.7 Å². The van der Waals surface area contributed by atoms with Gasteiger partial charge in [0.2, 0.25) is 0 Å². The monoisotopic (exact) mass is 256 g/mol. The van der Waals surface area contributed by atoms with Crippen LogP contribution in [0.2, 0.25) is 0 Å². The molecule has 1 rings (SSSR count). The zero-order chi connectivity index (χ0) is 13.4. The van der Waals surface area contributed by atoms with Crippen LogP contribution in [0.15, 0.2) is 18.2 Å². The van der Waals surface area contributed by atoms with Crippen LogP contribution in [-0.2, 0) is 9.84 Å². The number of hydrogen-bond donors (Lipinski definition) is 1. The van der Waals surface area contributed by atoms with E-state index in [-0.39, 0.29) is 0 Å². The van der Waals surface area contributed by atoms with Crippen molar-refractivity contribution in [3.63, 3.8) is 0 Å². The molecule has 0 saturated heterocycles. The Balaban J connectivity index is 3.31. The van der Waals surface area contributed by atoms with Crippen LogP contribution in [0.1, 0.15) is 36.6 Å². The molecule has 1 atom stereocenters. The molecule has 1 unspecified atom stereocenters. The number of sulfone groups is 1. The minimum absolute atomic E-state index is 0.681. The van der Waals surface area contributed by atoms with Gasteiger partial charge in [-0.15, -0.1) is 0 Å². The number of hydrogen-bond acceptors (Lipinski definition) is 3. The van der Waals surface area contributed by atoms with Gasteiger partial charge in [0, 0.05) is 6.26 Å². The molecule has 0 radical (unpaired) electrons. The maximum absolute atomic E-state index is 11.7. The first-order valence-electron chi connectivity index (χ1n) is 5.53. The van der Waals surface area contributed by atoms with Gasteiger partial charge in [-0.2, -0.15) is 0 Å². The van der Waals surface area contributed by atoms with Gasteiger partial charge in [-0.3, -0.25) is 0 Å².